The molecule has 4 aromatic rings. The zero-order valence-electron chi connectivity index (χ0n) is 18.0. The summed E-state index contributed by atoms with van der Waals surface area (Å²) in [6.07, 6.45) is 7.07. The number of rotatable bonds is 8. The number of aryl methyl sites for hydroxylation is 1. The lowest BCUT2D eigenvalue weighted by atomic mass is 10.2. The highest BCUT2D eigenvalue weighted by Crippen LogP contribution is 2.21. The van der Waals surface area contributed by atoms with Crippen LogP contribution in [0.4, 0.5) is 0 Å². The lowest BCUT2D eigenvalue weighted by Gasteiger charge is -2.14. The summed E-state index contributed by atoms with van der Waals surface area (Å²) < 4.78 is 7.73. The summed E-state index contributed by atoms with van der Waals surface area (Å²) in [6, 6.07) is 17.5. The van der Waals surface area contributed by atoms with E-state index in [1.54, 1.807) is 46.3 Å². The predicted molar refractivity (Wildman–Crippen MR) is 127 cm³/mol. The Kier molecular flexibility index (Phi) is 6.77. The average molecular weight is 445 g/mol. The summed E-state index contributed by atoms with van der Waals surface area (Å²) in [5, 5.41) is 7.40. The molecule has 0 aliphatic heterocycles. The van der Waals surface area contributed by atoms with Crippen molar-refractivity contribution >= 4 is 23.3 Å². The normalized spacial score (nSPS) is 11.1. The first kappa shape index (κ1) is 21.5. The molecule has 0 aliphatic rings. The minimum absolute atomic E-state index is 0.0950. The maximum Gasteiger partial charge on any atom is 0.246 e. The number of ether oxygens (including phenoxy) is 1. The van der Waals surface area contributed by atoms with Crippen molar-refractivity contribution in [1.29, 1.82) is 0 Å². The van der Waals surface area contributed by atoms with E-state index in [9.17, 15) is 4.79 Å². The van der Waals surface area contributed by atoms with Gasteiger partial charge in [-0.05, 0) is 31.2 Å². The first-order valence-corrected chi connectivity index (χ1v) is 11.1. The Bertz CT molecular complexity index is 1210. The van der Waals surface area contributed by atoms with E-state index < -0.39 is 0 Å². The van der Waals surface area contributed by atoms with Gasteiger partial charge in [0.1, 0.15) is 12.4 Å². The van der Waals surface area contributed by atoms with E-state index in [-0.39, 0.29) is 5.91 Å². The van der Waals surface area contributed by atoms with E-state index in [1.165, 1.54) is 0 Å². The van der Waals surface area contributed by atoms with Gasteiger partial charge in [0.2, 0.25) is 5.91 Å². The van der Waals surface area contributed by atoms with Gasteiger partial charge < -0.3 is 9.64 Å². The molecule has 0 radical (unpaired) electrons. The van der Waals surface area contributed by atoms with E-state index in [4.69, 9.17) is 4.74 Å². The summed E-state index contributed by atoms with van der Waals surface area (Å²) >= 11 is 1.60. The monoisotopic (exact) mass is 444 g/mol. The maximum absolute atomic E-state index is 12.7. The van der Waals surface area contributed by atoms with Crippen molar-refractivity contribution in [2.24, 2.45) is 0 Å². The zero-order valence-corrected chi connectivity index (χ0v) is 18.8. The molecule has 0 saturated heterocycles. The van der Waals surface area contributed by atoms with Gasteiger partial charge in [0.25, 0.3) is 0 Å². The van der Waals surface area contributed by atoms with Gasteiger partial charge >= 0.3 is 0 Å². The molecule has 0 bridgehead atoms. The van der Waals surface area contributed by atoms with Gasteiger partial charge in [-0.15, -0.1) is 11.3 Å². The molecule has 0 aliphatic carbocycles. The van der Waals surface area contributed by atoms with E-state index in [0.717, 1.165) is 27.5 Å². The highest BCUT2D eigenvalue weighted by Gasteiger charge is 2.09. The highest BCUT2D eigenvalue weighted by molar-refractivity contribution is 7.09. The molecule has 1 amide bonds. The van der Waals surface area contributed by atoms with Crippen LogP contribution in [0.1, 0.15) is 21.8 Å². The number of hydrogen-bond acceptors (Lipinski definition) is 5. The standard InChI is InChI=1S/C25H24N4O2S/c1-19-27-22(18-32-19)17-31-24-11-7-6-8-21(24)12-13-25(30)28(2)15-20-14-26-29(16-20)23-9-4-3-5-10-23/h3-14,16,18H,15,17H2,1-2H3/b13-12+. The van der Waals surface area contributed by atoms with Crippen LogP contribution in [0.5, 0.6) is 5.75 Å². The van der Waals surface area contributed by atoms with Gasteiger partial charge in [-0.1, -0.05) is 36.4 Å². The van der Waals surface area contributed by atoms with Crippen molar-refractivity contribution in [3.8, 4) is 11.4 Å². The quantitative estimate of drug-likeness (QED) is 0.363. The molecule has 0 spiro atoms. The first-order valence-electron chi connectivity index (χ1n) is 10.2. The van der Waals surface area contributed by atoms with Crippen molar-refractivity contribution in [1.82, 2.24) is 19.7 Å². The number of para-hydroxylation sites is 2. The third-order valence-corrected chi connectivity index (χ3v) is 5.64. The van der Waals surface area contributed by atoms with Gasteiger partial charge in [-0.2, -0.15) is 5.10 Å². The van der Waals surface area contributed by atoms with Crippen molar-refractivity contribution in [3.05, 3.63) is 100 Å². The van der Waals surface area contributed by atoms with Gasteiger partial charge in [0.15, 0.2) is 0 Å². The molecular formula is C25H24N4O2S. The second-order valence-corrected chi connectivity index (χ2v) is 8.40. The van der Waals surface area contributed by atoms with Crippen LogP contribution in [0.25, 0.3) is 11.8 Å². The second kappa shape index (κ2) is 10.1. The molecule has 0 unspecified atom stereocenters. The Morgan fingerprint density at radius 2 is 1.94 bits per heavy atom. The van der Waals surface area contributed by atoms with Crippen molar-refractivity contribution < 1.29 is 9.53 Å². The Hall–Kier alpha value is -3.71. The first-order chi connectivity index (χ1) is 15.6. The minimum Gasteiger partial charge on any atom is -0.487 e. The van der Waals surface area contributed by atoms with Gasteiger partial charge in [0, 0.05) is 42.4 Å². The average Bonchev–Trinajstić information content (AvgIpc) is 3.46. The number of carbonyl (C=O) groups excluding carboxylic acids is 1. The molecule has 0 atom stereocenters. The topological polar surface area (TPSA) is 60.2 Å². The van der Waals surface area contributed by atoms with Crippen LogP contribution in [-0.2, 0) is 17.9 Å². The summed E-state index contributed by atoms with van der Waals surface area (Å²) in [6.45, 7) is 2.84. The van der Waals surface area contributed by atoms with E-state index in [2.05, 4.69) is 10.1 Å². The van der Waals surface area contributed by atoms with E-state index in [0.29, 0.717) is 18.9 Å². The summed E-state index contributed by atoms with van der Waals surface area (Å²) in [5.41, 5.74) is 3.69. The second-order valence-electron chi connectivity index (χ2n) is 7.34. The number of nitrogens with zero attached hydrogens (tertiary/aromatic N) is 4. The Morgan fingerprint density at radius 3 is 2.72 bits per heavy atom. The molecule has 0 N–H and O–H groups in total. The molecule has 162 valence electrons. The summed E-state index contributed by atoms with van der Waals surface area (Å²) in [5.74, 6) is 0.622. The molecule has 32 heavy (non-hydrogen) atoms. The van der Waals surface area contributed by atoms with Gasteiger partial charge in [-0.3, -0.25) is 4.79 Å². The molecule has 0 saturated carbocycles. The summed E-state index contributed by atoms with van der Waals surface area (Å²) in [4.78, 5) is 18.7. The number of hydrogen-bond donors (Lipinski definition) is 0. The van der Waals surface area contributed by atoms with Crippen LogP contribution in [0.3, 0.4) is 0 Å². The fourth-order valence-electron chi connectivity index (χ4n) is 3.18. The van der Waals surface area contributed by atoms with Crippen LogP contribution in [0.2, 0.25) is 0 Å². The van der Waals surface area contributed by atoms with Gasteiger partial charge in [0.05, 0.1) is 22.6 Å². The van der Waals surface area contributed by atoms with Gasteiger partial charge in [-0.25, -0.2) is 9.67 Å². The lowest BCUT2D eigenvalue weighted by Crippen LogP contribution is -2.23. The number of aromatic nitrogens is 3. The molecule has 0 fully saturated rings. The lowest BCUT2D eigenvalue weighted by molar-refractivity contribution is -0.125. The predicted octanol–water partition coefficient (Wildman–Crippen LogP) is 4.89. The number of carbonyl (C=O) groups is 1. The van der Waals surface area contributed by atoms with Crippen LogP contribution >= 0.6 is 11.3 Å². The largest absolute Gasteiger partial charge is 0.487 e. The number of amides is 1. The van der Waals surface area contributed by atoms with E-state index in [1.807, 2.05) is 73.1 Å². The fraction of sp³-hybridized carbons (Fsp3) is 0.160. The number of likely N-dealkylation sites (N-methyl/N-ethyl adjacent to an activating group) is 1. The molecule has 6 nitrogen and oxygen atoms in total. The SMILES string of the molecule is Cc1nc(COc2ccccc2/C=C/C(=O)N(C)Cc2cnn(-c3ccccc3)c2)cs1. The number of thiazole rings is 1. The van der Waals surface area contributed by atoms with Crippen LogP contribution < -0.4 is 4.74 Å². The van der Waals surface area contributed by atoms with Crippen molar-refractivity contribution in [2.75, 3.05) is 7.05 Å². The van der Waals surface area contributed by atoms with Crippen LogP contribution in [-0.4, -0.2) is 32.6 Å². The van der Waals surface area contributed by atoms with Crippen molar-refractivity contribution in [3.63, 3.8) is 0 Å². The fourth-order valence-corrected chi connectivity index (χ4v) is 3.78. The molecule has 4 rings (SSSR count). The maximum atomic E-state index is 12.7. The Morgan fingerprint density at radius 1 is 1.16 bits per heavy atom. The molecule has 7 heteroatoms. The Balaban J connectivity index is 1.37. The molecule has 2 aromatic heterocycles. The molecular weight excluding hydrogens is 420 g/mol. The van der Waals surface area contributed by atoms with E-state index >= 15 is 0 Å². The van der Waals surface area contributed by atoms with Crippen molar-refractivity contribution in [2.45, 2.75) is 20.1 Å². The third kappa shape index (κ3) is 5.50. The smallest absolute Gasteiger partial charge is 0.246 e. The van der Waals surface area contributed by atoms with Crippen LogP contribution in [0, 0.1) is 6.92 Å². The third-order valence-electron chi connectivity index (χ3n) is 4.82. The van der Waals surface area contributed by atoms with Crippen LogP contribution in [0.15, 0.2) is 78.4 Å². The minimum atomic E-state index is -0.0950. The summed E-state index contributed by atoms with van der Waals surface area (Å²) in [7, 11) is 1.78. The molecule has 2 heterocycles. The number of benzene rings is 2. The zero-order chi connectivity index (χ0) is 22.3. The highest BCUT2D eigenvalue weighted by atomic mass is 32.1. The Labute approximate surface area is 191 Å². The molecule has 2 aromatic carbocycles.